The van der Waals surface area contributed by atoms with Crippen LogP contribution in [0.15, 0.2) is 42.5 Å². The first kappa shape index (κ1) is 14.5. The van der Waals surface area contributed by atoms with E-state index in [0.717, 1.165) is 5.69 Å². The molecule has 2 aromatic rings. The van der Waals surface area contributed by atoms with E-state index in [4.69, 9.17) is 27.9 Å². The third-order valence-corrected chi connectivity index (χ3v) is 3.64. The fourth-order valence-electron chi connectivity index (χ4n) is 1.80. The first-order valence-corrected chi connectivity index (χ1v) is 6.65. The number of hydrogen-bond donors (Lipinski definition) is 1. The minimum atomic E-state index is -0.590. The summed E-state index contributed by atoms with van der Waals surface area (Å²) in [7, 11) is 1.59. The average molecular weight is 307 g/mol. The summed E-state index contributed by atoms with van der Waals surface area (Å²) >= 11 is 12.1. The molecule has 0 radical (unpaired) electrons. The second kappa shape index (κ2) is 6.51. The molecular weight excluding hydrogens is 295 g/mol. The van der Waals surface area contributed by atoms with Crippen molar-refractivity contribution in [3.8, 4) is 11.8 Å². The summed E-state index contributed by atoms with van der Waals surface area (Å²) in [5, 5.41) is 13.3. The lowest BCUT2D eigenvalue weighted by atomic mass is 10.1. The van der Waals surface area contributed by atoms with Gasteiger partial charge in [-0.15, -0.1) is 0 Å². The molecule has 0 aliphatic heterocycles. The van der Waals surface area contributed by atoms with Crippen LogP contribution >= 0.6 is 23.2 Å². The van der Waals surface area contributed by atoms with Crippen molar-refractivity contribution in [2.45, 2.75) is 6.04 Å². The summed E-state index contributed by atoms with van der Waals surface area (Å²) in [4.78, 5) is 0. The lowest BCUT2D eigenvalue weighted by Gasteiger charge is -2.15. The number of methoxy groups -OCH3 is 1. The Hall–Kier alpha value is -1.89. The second-order valence-corrected chi connectivity index (χ2v) is 4.87. The molecule has 0 fully saturated rings. The normalized spacial score (nSPS) is 11.5. The molecule has 3 nitrogen and oxygen atoms in total. The van der Waals surface area contributed by atoms with Crippen LogP contribution in [-0.2, 0) is 0 Å². The van der Waals surface area contributed by atoms with Crippen molar-refractivity contribution in [1.82, 2.24) is 0 Å². The van der Waals surface area contributed by atoms with Gasteiger partial charge in [0.15, 0.2) is 0 Å². The molecule has 2 rings (SSSR count). The number of halogens is 2. The molecule has 5 heteroatoms. The van der Waals surface area contributed by atoms with Gasteiger partial charge in [-0.1, -0.05) is 41.4 Å². The molecule has 1 N–H and O–H groups in total. The monoisotopic (exact) mass is 306 g/mol. The summed E-state index contributed by atoms with van der Waals surface area (Å²) in [6.07, 6.45) is 0. The summed E-state index contributed by atoms with van der Waals surface area (Å²) in [5.74, 6) is 0.712. The zero-order valence-corrected chi connectivity index (χ0v) is 12.2. The lowest BCUT2D eigenvalue weighted by Crippen LogP contribution is -2.09. The first-order chi connectivity index (χ1) is 9.65. The molecule has 0 amide bonds. The van der Waals surface area contributed by atoms with Gasteiger partial charge in [0, 0.05) is 17.3 Å². The van der Waals surface area contributed by atoms with Gasteiger partial charge in [0.25, 0.3) is 0 Å². The van der Waals surface area contributed by atoms with Crippen LogP contribution in [0.1, 0.15) is 11.6 Å². The van der Waals surface area contributed by atoms with Crippen molar-refractivity contribution in [2.24, 2.45) is 0 Å². The molecule has 1 unspecified atom stereocenters. The summed E-state index contributed by atoms with van der Waals surface area (Å²) in [6.45, 7) is 0. The van der Waals surface area contributed by atoms with Gasteiger partial charge < -0.3 is 10.1 Å². The second-order valence-electron chi connectivity index (χ2n) is 4.08. The number of nitriles is 1. The largest absolute Gasteiger partial charge is 0.497 e. The number of hydrogen-bond acceptors (Lipinski definition) is 3. The van der Waals surface area contributed by atoms with Crippen molar-refractivity contribution in [3.63, 3.8) is 0 Å². The highest BCUT2D eigenvalue weighted by Gasteiger charge is 2.15. The van der Waals surface area contributed by atoms with Gasteiger partial charge >= 0.3 is 0 Å². The highest BCUT2D eigenvalue weighted by Crippen LogP contribution is 2.31. The van der Waals surface area contributed by atoms with Gasteiger partial charge in [-0.05, 0) is 18.2 Å². The maximum atomic E-state index is 9.34. The van der Waals surface area contributed by atoms with Gasteiger partial charge in [0.05, 0.1) is 23.2 Å². The number of benzene rings is 2. The highest BCUT2D eigenvalue weighted by atomic mass is 35.5. The van der Waals surface area contributed by atoms with Crippen LogP contribution in [0.2, 0.25) is 10.0 Å². The number of ether oxygens (including phenoxy) is 1. The molecule has 0 saturated carbocycles. The maximum absolute atomic E-state index is 9.34. The SMILES string of the molecule is COc1cccc(NC(C#N)c2cccc(Cl)c2Cl)c1. The predicted octanol–water partition coefficient (Wildman–Crippen LogP) is 4.68. The maximum Gasteiger partial charge on any atom is 0.141 e. The zero-order valence-electron chi connectivity index (χ0n) is 10.7. The smallest absolute Gasteiger partial charge is 0.141 e. The summed E-state index contributed by atoms with van der Waals surface area (Å²) in [5.41, 5.74) is 1.41. The van der Waals surface area contributed by atoms with Crippen molar-refractivity contribution in [3.05, 3.63) is 58.1 Å². The predicted molar refractivity (Wildman–Crippen MR) is 81.4 cm³/mol. The number of nitrogens with zero attached hydrogens (tertiary/aromatic N) is 1. The Kier molecular flexibility index (Phi) is 4.73. The van der Waals surface area contributed by atoms with E-state index in [2.05, 4.69) is 11.4 Å². The van der Waals surface area contributed by atoms with Crippen LogP contribution in [0, 0.1) is 11.3 Å². The molecule has 2 aromatic carbocycles. The molecule has 0 aliphatic carbocycles. The number of anilines is 1. The van der Waals surface area contributed by atoms with E-state index < -0.39 is 6.04 Å². The van der Waals surface area contributed by atoms with E-state index in [9.17, 15) is 5.26 Å². The zero-order chi connectivity index (χ0) is 14.5. The molecule has 20 heavy (non-hydrogen) atoms. The minimum Gasteiger partial charge on any atom is -0.497 e. The topological polar surface area (TPSA) is 45.0 Å². The van der Waals surface area contributed by atoms with E-state index in [1.165, 1.54) is 0 Å². The van der Waals surface area contributed by atoms with Gasteiger partial charge in [0.2, 0.25) is 0 Å². The molecule has 1 atom stereocenters. The van der Waals surface area contributed by atoms with Crippen molar-refractivity contribution >= 4 is 28.9 Å². The Balaban J connectivity index is 2.29. The van der Waals surface area contributed by atoms with Crippen LogP contribution in [0.3, 0.4) is 0 Å². The van der Waals surface area contributed by atoms with Crippen LogP contribution in [0.5, 0.6) is 5.75 Å². The van der Waals surface area contributed by atoms with E-state index in [1.807, 2.05) is 24.3 Å². The Morgan fingerprint density at radius 1 is 1.20 bits per heavy atom. The van der Waals surface area contributed by atoms with Gasteiger partial charge in [-0.25, -0.2) is 0 Å². The Morgan fingerprint density at radius 3 is 2.65 bits per heavy atom. The molecule has 0 bridgehead atoms. The first-order valence-electron chi connectivity index (χ1n) is 5.90. The minimum absolute atomic E-state index is 0.385. The average Bonchev–Trinajstić information content (AvgIpc) is 2.48. The Bertz CT molecular complexity index is 653. The molecule has 0 aliphatic rings. The van der Waals surface area contributed by atoms with E-state index in [1.54, 1.807) is 25.3 Å². The number of nitrogens with one attached hydrogen (secondary N) is 1. The highest BCUT2D eigenvalue weighted by molar-refractivity contribution is 6.42. The Labute approximate surface area is 127 Å². The quantitative estimate of drug-likeness (QED) is 0.892. The van der Waals surface area contributed by atoms with Crippen LogP contribution in [0.4, 0.5) is 5.69 Å². The third-order valence-electron chi connectivity index (χ3n) is 2.80. The molecule has 102 valence electrons. The van der Waals surface area contributed by atoms with Crippen molar-refractivity contribution < 1.29 is 4.74 Å². The molecular formula is C15H12Cl2N2O. The lowest BCUT2D eigenvalue weighted by molar-refractivity contribution is 0.415. The van der Waals surface area contributed by atoms with Crippen LogP contribution in [-0.4, -0.2) is 7.11 Å². The fraction of sp³-hybridized carbons (Fsp3) is 0.133. The summed E-state index contributed by atoms with van der Waals surface area (Å²) < 4.78 is 5.15. The number of rotatable bonds is 4. The summed E-state index contributed by atoms with van der Waals surface area (Å²) in [6, 6.07) is 14.1. The van der Waals surface area contributed by atoms with Crippen molar-refractivity contribution in [2.75, 3.05) is 12.4 Å². The molecule has 0 saturated heterocycles. The molecule has 0 spiro atoms. The third kappa shape index (κ3) is 3.16. The fourth-order valence-corrected chi connectivity index (χ4v) is 2.22. The molecule has 0 aromatic heterocycles. The van der Waals surface area contributed by atoms with Crippen LogP contribution in [0.25, 0.3) is 0 Å². The standard InChI is InChI=1S/C15H12Cl2N2O/c1-20-11-5-2-4-10(8-11)19-14(9-18)12-6-3-7-13(16)15(12)17/h2-8,14,19H,1H3. The van der Waals surface area contributed by atoms with E-state index >= 15 is 0 Å². The van der Waals surface area contributed by atoms with Crippen LogP contribution < -0.4 is 10.1 Å². The van der Waals surface area contributed by atoms with E-state index in [0.29, 0.717) is 21.4 Å². The Morgan fingerprint density at radius 2 is 1.95 bits per heavy atom. The van der Waals surface area contributed by atoms with Gasteiger partial charge in [-0.3, -0.25) is 0 Å². The molecule has 0 heterocycles. The van der Waals surface area contributed by atoms with Gasteiger partial charge in [-0.2, -0.15) is 5.26 Å². The van der Waals surface area contributed by atoms with Gasteiger partial charge in [0.1, 0.15) is 11.8 Å². The van der Waals surface area contributed by atoms with Crippen molar-refractivity contribution in [1.29, 1.82) is 5.26 Å². The van der Waals surface area contributed by atoms with E-state index in [-0.39, 0.29) is 0 Å².